The summed E-state index contributed by atoms with van der Waals surface area (Å²) in [5.41, 5.74) is -1.27. The molecule has 25 heavy (non-hydrogen) atoms. The van der Waals surface area contributed by atoms with Crippen molar-refractivity contribution in [2.45, 2.75) is 19.3 Å². The second-order valence-electron chi connectivity index (χ2n) is 5.28. The number of anilines is 2. The largest absolute Gasteiger partial charge is 0.435 e. The molecule has 0 bridgehead atoms. The zero-order chi connectivity index (χ0) is 18.4. The second-order valence-corrected chi connectivity index (χ2v) is 5.28. The van der Waals surface area contributed by atoms with E-state index in [0.717, 1.165) is 22.7 Å². The molecule has 10 heteroatoms. The number of aromatic nitrogens is 3. The van der Waals surface area contributed by atoms with Gasteiger partial charge in [0.15, 0.2) is 11.3 Å². The van der Waals surface area contributed by atoms with Crippen LogP contribution in [0.2, 0.25) is 0 Å². The van der Waals surface area contributed by atoms with Crippen LogP contribution < -0.4 is 5.32 Å². The highest BCUT2D eigenvalue weighted by atomic mass is 19.4. The van der Waals surface area contributed by atoms with Crippen molar-refractivity contribution in [2.24, 2.45) is 0 Å². The van der Waals surface area contributed by atoms with Crippen LogP contribution in [-0.4, -0.2) is 14.6 Å². The van der Waals surface area contributed by atoms with Gasteiger partial charge in [0.1, 0.15) is 5.82 Å². The highest BCUT2D eigenvalue weighted by Gasteiger charge is 2.34. The summed E-state index contributed by atoms with van der Waals surface area (Å²) in [6, 6.07) is 6.34. The molecule has 4 nitrogen and oxygen atoms in total. The summed E-state index contributed by atoms with van der Waals surface area (Å²) in [5.74, 6) is 0.151. The van der Waals surface area contributed by atoms with Crippen LogP contribution in [0.3, 0.4) is 0 Å². The topological polar surface area (TPSA) is 42.2 Å². The highest BCUT2D eigenvalue weighted by Crippen LogP contribution is 2.32. The minimum Gasteiger partial charge on any atom is -0.340 e. The normalized spacial score (nSPS) is 12.6. The van der Waals surface area contributed by atoms with Crippen molar-refractivity contribution in [1.82, 2.24) is 14.6 Å². The molecule has 0 atom stereocenters. The number of rotatable bonds is 2. The third kappa shape index (κ3) is 3.52. The lowest BCUT2D eigenvalue weighted by Gasteiger charge is -2.11. The molecule has 0 amide bonds. The van der Waals surface area contributed by atoms with E-state index < -0.39 is 23.6 Å². The van der Waals surface area contributed by atoms with Crippen LogP contribution in [0.15, 0.2) is 36.4 Å². The molecule has 0 saturated heterocycles. The summed E-state index contributed by atoms with van der Waals surface area (Å²) in [6.07, 6.45) is -9.10. The molecular weight excluding hydrogens is 350 g/mol. The fourth-order valence-electron chi connectivity index (χ4n) is 2.22. The summed E-state index contributed by atoms with van der Waals surface area (Å²) in [6.45, 7) is 1.58. The van der Waals surface area contributed by atoms with Gasteiger partial charge in [0, 0.05) is 23.5 Å². The molecule has 3 aromatic rings. The van der Waals surface area contributed by atoms with Gasteiger partial charge in [-0.2, -0.15) is 36.0 Å². The third-order valence-corrected chi connectivity index (χ3v) is 3.33. The first kappa shape index (κ1) is 17.1. The van der Waals surface area contributed by atoms with Gasteiger partial charge < -0.3 is 5.32 Å². The van der Waals surface area contributed by atoms with Crippen molar-refractivity contribution < 1.29 is 26.3 Å². The molecule has 2 heterocycles. The number of hydrogen-bond donors (Lipinski definition) is 1. The van der Waals surface area contributed by atoms with Gasteiger partial charge >= 0.3 is 12.4 Å². The lowest BCUT2D eigenvalue weighted by Crippen LogP contribution is -2.07. The molecule has 132 valence electrons. The van der Waals surface area contributed by atoms with E-state index in [1.54, 1.807) is 6.92 Å². The number of halogens is 6. The van der Waals surface area contributed by atoms with Gasteiger partial charge in [-0.15, -0.1) is 0 Å². The second kappa shape index (κ2) is 5.64. The fraction of sp³-hybridized carbons (Fsp3) is 0.200. The summed E-state index contributed by atoms with van der Waals surface area (Å²) in [4.78, 5) is 3.97. The van der Waals surface area contributed by atoms with Gasteiger partial charge in [-0.25, -0.2) is 4.98 Å². The molecule has 3 rings (SSSR count). The molecule has 1 N–H and O–H groups in total. The number of benzene rings is 1. The van der Waals surface area contributed by atoms with E-state index in [0.29, 0.717) is 5.69 Å². The van der Waals surface area contributed by atoms with Gasteiger partial charge in [-0.3, -0.25) is 0 Å². The average Bonchev–Trinajstić information content (AvgIpc) is 2.91. The van der Waals surface area contributed by atoms with Crippen LogP contribution in [0, 0.1) is 6.92 Å². The maximum atomic E-state index is 12.8. The predicted octanol–water partition coefficient (Wildman–Crippen LogP) is 4.82. The van der Waals surface area contributed by atoms with Crippen LogP contribution in [-0.2, 0) is 12.4 Å². The number of nitrogens with zero attached hydrogens (tertiary/aromatic N) is 3. The van der Waals surface area contributed by atoms with Crippen molar-refractivity contribution in [3.05, 3.63) is 53.3 Å². The average molecular weight is 360 g/mol. The molecule has 0 aliphatic carbocycles. The Morgan fingerprint density at radius 3 is 2.12 bits per heavy atom. The molecule has 0 aliphatic heterocycles. The van der Waals surface area contributed by atoms with Gasteiger partial charge in [0.25, 0.3) is 0 Å². The van der Waals surface area contributed by atoms with Crippen molar-refractivity contribution in [3.63, 3.8) is 0 Å². The first-order chi connectivity index (χ1) is 11.5. The number of fused-ring (bicyclic) bond motifs is 1. The molecule has 1 aromatic carbocycles. The standard InChI is InChI=1S/C15H10F6N4/c1-8-6-12(23-10-4-2-9(3-5-10)14(16,17)18)25-13(22-8)7-11(24-25)15(19,20)21/h2-7,23H,1H3. The Labute approximate surface area is 137 Å². The highest BCUT2D eigenvalue weighted by molar-refractivity contribution is 5.60. The van der Waals surface area contributed by atoms with Crippen molar-refractivity contribution in [1.29, 1.82) is 0 Å². The summed E-state index contributed by atoms with van der Waals surface area (Å²) < 4.78 is 77.1. The third-order valence-electron chi connectivity index (χ3n) is 3.33. The van der Waals surface area contributed by atoms with Crippen LogP contribution >= 0.6 is 0 Å². The van der Waals surface area contributed by atoms with Crippen molar-refractivity contribution in [2.75, 3.05) is 5.32 Å². The summed E-state index contributed by atoms with van der Waals surface area (Å²) in [5, 5.41) is 6.22. The van der Waals surface area contributed by atoms with Gasteiger partial charge in [-0.1, -0.05) is 0 Å². The van der Waals surface area contributed by atoms with Crippen LogP contribution in [0.25, 0.3) is 5.65 Å². The minimum atomic E-state index is -4.63. The molecule has 0 unspecified atom stereocenters. The monoisotopic (exact) mass is 360 g/mol. The molecule has 0 saturated carbocycles. The zero-order valence-electron chi connectivity index (χ0n) is 12.6. The van der Waals surface area contributed by atoms with Crippen LogP contribution in [0.1, 0.15) is 17.0 Å². The number of aryl methyl sites for hydroxylation is 1. The first-order valence-electron chi connectivity index (χ1n) is 6.93. The fourth-order valence-corrected chi connectivity index (χ4v) is 2.22. The van der Waals surface area contributed by atoms with Crippen LogP contribution in [0.4, 0.5) is 37.8 Å². The number of hydrogen-bond acceptors (Lipinski definition) is 3. The van der Waals surface area contributed by atoms with Crippen molar-refractivity contribution >= 4 is 17.2 Å². The lowest BCUT2D eigenvalue weighted by molar-refractivity contribution is -0.141. The maximum Gasteiger partial charge on any atom is 0.435 e. The van der Waals surface area contributed by atoms with E-state index in [1.165, 1.54) is 18.2 Å². The molecule has 2 aromatic heterocycles. The molecule has 0 aliphatic rings. The maximum absolute atomic E-state index is 12.8. The first-order valence-corrected chi connectivity index (χ1v) is 6.93. The Bertz CT molecular complexity index is 909. The van der Waals surface area contributed by atoms with E-state index in [-0.39, 0.29) is 17.2 Å². The smallest absolute Gasteiger partial charge is 0.340 e. The quantitative estimate of drug-likeness (QED) is 0.667. The lowest BCUT2D eigenvalue weighted by atomic mass is 10.2. The van der Waals surface area contributed by atoms with E-state index in [9.17, 15) is 26.3 Å². The van der Waals surface area contributed by atoms with Gasteiger partial charge in [0.2, 0.25) is 0 Å². The number of alkyl halides is 6. The summed E-state index contributed by atoms with van der Waals surface area (Å²) >= 11 is 0. The molecule has 0 fully saturated rings. The summed E-state index contributed by atoms with van der Waals surface area (Å²) in [7, 11) is 0. The Hall–Kier alpha value is -2.78. The van der Waals surface area contributed by atoms with E-state index >= 15 is 0 Å². The van der Waals surface area contributed by atoms with E-state index in [2.05, 4.69) is 15.4 Å². The Balaban J connectivity index is 1.99. The van der Waals surface area contributed by atoms with E-state index in [1.807, 2.05) is 0 Å². The Kier molecular flexibility index (Phi) is 3.85. The Morgan fingerprint density at radius 1 is 0.920 bits per heavy atom. The minimum absolute atomic E-state index is 0.0262. The van der Waals surface area contributed by atoms with E-state index in [4.69, 9.17) is 0 Å². The number of nitrogens with one attached hydrogen (secondary N) is 1. The van der Waals surface area contributed by atoms with Gasteiger partial charge in [0.05, 0.1) is 5.56 Å². The predicted molar refractivity (Wildman–Crippen MR) is 77.5 cm³/mol. The Morgan fingerprint density at radius 2 is 1.56 bits per heavy atom. The van der Waals surface area contributed by atoms with Crippen LogP contribution in [0.5, 0.6) is 0 Å². The molecule has 0 spiro atoms. The zero-order valence-corrected chi connectivity index (χ0v) is 12.6. The van der Waals surface area contributed by atoms with Gasteiger partial charge in [-0.05, 0) is 31.2 Å². The SMILES string of the molecule is Cc1cc(Nc2ccc(C(F)(F)F)cc2)n2nc(C(F)(F)F)cc2n1. The molecule has 0 radical (unpaired) electrons. The van der Waals surface area contributed by atoms with Crippen molar-refractivity contribution in [3.8, 4) is 0 Å². The molecular formula is C15H10F6N4.